The molecule has 4 heterocycles. The van der Waals surface area contributed by atoms with Crippen LogP contribution in [-0.4, -0.2) is 72.2 Å². The fourth-order valence-corrected chi connectivity index (χ4v) is 6.66. The third-order valence-electron chi connectivity index (χ3n) is 8.51. The fourth-order valence-electron chi connectivity index (χ4n) is 6.37. The van der Waals surface area contributed by atoms with Crippen LogP contribution >= 0.6 is 11.6 Å². The Morgan fingerprint density at radius 2 is 1.91 bits per heavy atom. The van der Waals surface area contributed by atoms with E-state index in [9.17, 15) is 28.9 Å². The van der Waals surface area contributed by atoms with Gasteiger partial charge in [-0.2, -0.15) is 10.5 Å². The van der Waals surface area contributed by atoms with Gasteiger partial charge in [0.2, 0.25) is 0 Å². The van der Waals surface area contributed by atoms with Crippen molar-refractivity contribution in [1.82, 2.24) is 14.4 Å². The second-order valence-corrected chi connectivity index (χ2v) is 11.5. The zero-order valence-electron chi connectivity index (χ0n) is 23.5. The molecule has 3 aliphatic heterocycles. The molecule has 0 N–H and O–H groups in total. The summed E-state index contributed by atoms with van der Waals surface area (Å²) in [5.74, 6) is -3.61. The average molecular weight is 623 g/mol. The molecule has 9 nitrogen and oxygen atoms in total. The molecule has 13 heteroatoms. The summed E-state index contributed by atoms with van der Waals surface area (Å²) < 4.78 is 50.5. The van der Waals surface area contributed by atoms with Gasteiger partial charge in [0.05, 0.1) is 40.8 Å². The highest BCUT2D eigenvalue weighted by Gasteiger charge is 2.38. The molecular weight excluding hydrogens is 597 g/mol. The molecule has 0 bridgehead atoms. The van der Waals surface area contributed by atoms with Crippen molar-refractivity contribution in [1.29, 1.82) is 10.5 Å². The van der Waals surface area contributed by atoms with Gasteiger partial charge in [-0.3, -0.25) is 14.2 Å². The number of anilines is 1. The first-order valence-electron chi connectivity index (χ1n) is 14.1. The van der Waals surface area contributed by atoms with Gasteiger partial charge in [0.15, 0.2) is 11.6 Å². The molecule has 3 aliphatic rings. The first-order valence-corrected chi connectivity index (χ1v) is 14.4. The van der Waals surface area contributed by atoms with Gasteiger partial charge in [0, 0.05) is 48.8 Å². The molecule has 0 radical (unpaired) electrons. The Balaban J connectivity index is 1.59. The third-order valence-corrected chi connectivity index (χ3v) is 8.80. The molecule has 2 fully saturated rings. The number of hydrogen-bond acceptors (Lipinski definition) is 7. The Morgan fingerprint density at radius 1 is 1.14 bits per heavy atom. The third kappa shape index (κ3) is 4.84. The maximum atomic E-state index is 15.1. The largest absolute Gasteiger partial charge is 0.488 e. The highest BCUT2D eigenvalue weighted by molar-refractivity contribution is 6.35. The number of carbonyl (C=O) groups excluding carboxylic acids is 1. The zero-order chi connectivity index (χ0) is 31.3. The number of nitriles is 2. The Hall–Kier alpha value is -4.52. The van der Waals surface area contributed by atoms with E-state index in [2.05, 4.69) is 17.5 Å². The lowest BCUT2D eigenvalue weighted by molar-refractivity contribution is -0.131. The molecule has 2 saturated heterocycles. The van der Waals surface area contributed by atoms with Crippen LogP contribution in [0.1, 0.15) is 24.4 Å². The van der Waals surface area contributed by atoms with Gasteiger partial charge in [-0.25, -0.2) is 13.2 Å². The van der Waals surface area contributed by atoms with E-state index in [-0.39, 0.29) is 65.8 Å². The minimum Gasteiger partial charge on any atom is -0.488 e. The molecule has 44 heavy (non-hydrogen) atoms. The lowest BCUT2D eigenvalue weighted by Crippen LogP contribution is -2.56. The van der Waals surface area contributed by atoms with Gasteiger partial charge >= 0.3 is 0 Å². The maximum absolute atomic E-state index is 15.1. The molecule has 6 rings (SSSR count). The van der Waals surface area contributed by atoms with Crippen molar-refractivity contribution in [2.75, 3.05) is 50.8 Å². The number of ether oxygens (including phenoxy) is 1. The summed E-state index contributed by atoms with van der Waals surface area (Å²) in [6.07, 6.45) is 0.891. The second-order valence-electron chi connectivity index (χ2n) is 11.1. The normalized spacial score (nSPS) is 19.6. The summed E-state index contributed by atoms with van der Waals surface area (Å²) in [6, 6.07) is 7.45. The van der Waals surface area contributed by atoms with E-state index < -0.39 is 41.0 Å². The lowest BCUT2D eigenvalue weighted by Gasteiger charge is -2.42. The Kier molecular flexibility index (Phi) is 7.74. The average Bonchev–Trinajstić information content (AvgIpc) is 2.97. The van der Waals surface area contributed by atoms with Crippen molar-refractivity contribution >= 4 is 34.1 Å². The van der Waals surface area contributed by atoms with Gasteiger partial charge in [-0.1, -0.05) is 18.2 Å². The fraction of sp³-hybridized carbons (Fsp3) is 0.355. The van der Waals surface area contributed by atoms with Crippen LogP contribution in [0.2, 0.25) is 5.02 Å². The van der Waals surface area contributed by atoms with Crippen LogP contribution in [0, 0.1) is 34.3 Å². The van der Waals surface area contributed by atoms with Crippen LogP contribution in [-0.2, 0) is 4.79 Å². The minimum absolute atomic E-state index is 0.00286. The molecule has 3 aromatic rings. The van der Waals surface area contributed by atoms with Gasteiger partial charge in [-0.15, -0.1) is 0 Å². The van der Waals surface area contributed by atoms with Crippen molar-refractivity contribution in [3.05, 3.63) is 69.2 Å². The van der Waals surface area contributed by atoms with E-state index in [1.54, 1.807) is 4.90 Å². The van der Waals surface area contributed by atoms with Crippen molar-refractivity contribution in [3.8, 4) is 29.0 Å². The van der Waals surface area contributed by atoms with E-state index in [0.29, 0.717) is 17.4 Å². The second kappa shape index (κ2) is 11.5. The molecule has 2 atom stereocenters. The van der Waals surface area contributed by atoms with Crippen LogP contribution in [0.15, 0.2) is 41.5 Å². The highest BCUT2D eigenvalue weighted by Crippen LogP contribution is 2.48. The molecule has 1 aromatic heterocycles. The van der Waals surface area contributed by atoms with Gasteiger partial charge in [0.25, 0.3) is 11.5 Å². The first kappa shape index (κ1) is 29.5. The smallest absolute Gasteiger partial charge is 0.282 e. The topological polar surface area (TPSA) is 106 Å². The number of amides is 1. The standard InChI is InChI=1S/C31H26ClF3N6O3/c1-17(33)30(42)40-10-9-39(15-19(40)5-6-36)27-22-12-24(32)26(21-4-3-18(34)11-25(21)35)29-28(22)41(31(43)23(27)13-37)20(16-44-29)14-38-7-2-8-38/h3-4,11-12,19-20H,1-2,5,7-10,14-16H2/t19-,20?/m0/s1. The Labute approximate surface area is 255 Å². The predicted molar refractivity (Wildman–Crippen MR) is 157 cm³/mol. The summed E-state index contributed by atoms with van der Waals surface area (Å²) in [6.45, 7) is 5.45. The summed E-state index contributed by atoms with van der Waals surface area (Å²) in [5.41, 5.74) is -0.0996. The highest BCUT2D eigenvalue weighted by atomic mass is 35.5. The number of piperazine rings is 1. The van der Waals surface area contributed by atoms with Gasteiger partial charge in [0.1, 0.15) is 29.9 Å². The van der Waals surface area contributed by atoms with E-state index in [1.807, 2.05) is 6.07 Å². The molecule has 1 amide bonds. The van der Waals surface area contributed by atoms with Crippen LogP contribution in [0.5, 0.6) is 5.75 Å². The van der Waals surface area contributed by atoms with E-state index in [0.717, 1.165) is 31.6 Å². The maximum Gasteiger partial charge on any atom is 0.282 e. The lowest BCUT2D eigenvalue weighted by atomic mass is 9.96. The molecule has 226 valence electrons. The quantitative estimate of drug-likeness (QED) is 0.372. The Morgan fingerprint density at radius 3 is 2.55 bits per heavy atom. The number of nitrogens with zero attached hydrogens (tertiary/aromatic N) is 6. The molecule has 0 aliphatic carbocycles. The number of hydrogen-bond donors (Lipinski definition) is 0. The van der Waals surface area contributed by atoms with Crippen molar-refractivity contribution in [3.63, 3.8) is 0 Å². The first-order chi connectivity index (χ1) is 21.1. The number of likely N-dealkylation sites (tertiary alicyclic amines) is 1. The molecule has 0 spiro atoms. The van der Waals surface area contributed by atoms with Crippen LogP contribution in [0.3, 0.4) is 0 Å². The summed E-state index contributed by atoms with van der Waals surface area (Å²) in [7, 11) is 0. The monoisotopic (exact) mass is 622 g/mol. The minimum atomic E-state index is -1.16. The number of benzene rings is 2. The van der Waals surface area contributed by atoms with E-state index in [1.165, 1.54) is 21.6 Å². The Bertz CT molecular complexity index is 1860. The number of halogens is 4. The molecule has 2 aromatic carbocycles. The summed E-state index contributed by atoms with van der Waals surface area (Å²) in [5, 5.41) is 20.2. The van der Waals surface area contributed by atoms with E-state index in [4.69, 9.17) is 16.3 Å². The molecule has 1 unspecified atom stereocenters. The van der Waals surface area contributed by atoms with E-state index >= 15 is 4.39 Å². The van der Waals surface area contributed by atoms with Crippen LogP contribution in [0.25, 0.3) is 22.0 Å². The van der Waals surface area contributed by atoms with Crippen molar-refractivity contribution in [2.45, 2.75) is 24.9 Å². The van der Waals surface area contributed by atoms with Crippen molar-refractivity contribution < 1.29 is 22.7 Å². The van der Waals surface area contributed by atoms with Crippen molar-refractivity contribution in [2.24, 2.45) is 0 Å². The summed E-state index contributed by atoms with van der Waals surface area (Å²) >= 11 is 6.80. The number of aromatic nitrogens is 1. The molecular formula is C31H26ClF3N6O3. The number of pyridine rings is 1. The van der Waals surface area contributed by atoms with Crippen LogP contribution < -0.4 is 15.2 Å². The number of rotatable bonds is 6. The predicted octanol–water partition coefficient (Wildman–Crippen LogP) is 4.53. The van der Waals surface area contributed by atoms with Gasteiger partial charge in [-0.05, 0) is 37.7 Å². The zero-order valence-corrected chi connectivity index (χ0v) is 24.2. The van der Waals surface area contributed by atoms with Crippen LogP contribution in [0.4, 0.5) is 18.9 Å². The summed E-state index contributed by atoms with van der Waals surface area (Å²) in [4.78, 5) is 31.8. The van der Waals surface area contributed by atoms with Gasteiger partial charge < -0.3 is 19.4 Å². The molecule has 0 saturated carbocycles. The SMILES string of the molecule is C=C(F)C(=O)N1CCN(c2c(C#N)c(=O)n3c4c(c(-c5ccc(F)cc5F)c(Cl)cc24)OCC3CN2CCC2)C[C@@H]1CC#N. The number of carbonyl (C=O) groups is 1.